The quantitative estimate of drug-likeness (QED) is 0.0334. The predicted octanol–water partition coefficient (Wildman–Crippen LogP) is 23.0. The molecule has 0 aliphatic heterocycles. The smallest absolute Gasteiger partial charge is 1.00 e. The molecular formula is C93H132Cl2Zr. The summed E-state index contributed by atoms with van der Waals surface area (Å²) in [4.78, 5) is 0. The Morgan fingerprint density at radius 3 is 0.948 bits per heavy atom. The molecule has 0 nitrogen and oxygen atoms in total. The first kappa shape index (κ1) is 81.1. The third kappa shape index (κ3) is 26.3. The summed E-state index contributed by atoms with van der Waals surface area (Å²) in [5.74, 6) is 0. The van der Waals surface area contributed by atoms with Gasteiger partial charge >= 0.3 is 410 Å². The van der Waals surface area contributed by atoms with E-state index in [0.29, 0.717) is 3.63 Å². The zero-order chi connectivity index (χ0) is 66.1. The Morgan fingerprint density at radius 1 is 0.344 bits per heavy atom. The second kappa shape index (κ2) is 45.1. The molecular weight excluding hydrogens is 1280 g/mol. The molecule has 0 N–H and O–H groups in total. The summed E-state index contributed by atoms with van der Waals surface area (Å²) < 4.78 is 3.90. The maximum atomic E-state index is 2.81. The van der Waals surface area contributed by atoms with Gasteiger partial charge in [-0.05, 0) is 0 Å². The van der Waals surface area contributed by atoms with E-state index in [2.05, 4.69) is 207 Å². The van der Waals surface area contributed by atoms with Crippen LogP contribution in [-0.4, -0.2) is 3.21 Å². The normalized spacial score (nSPS) is 12.7. The van der Waals surface area contributed by atoms with Crippen LogP contribution in [0, 0.1) is 0 Å². The van der Waals surface area contributed by atoms with Crippen molar-refractivity contribution in [3.8, 4) is 33.4 Å². The van der Waals surface area contributed by atoms with Crippen LogP contribution in [0.2, 0.25) is 0 Å². The molecule has 6 aromatic carbocycles. The molecule has 522 valence electrons. The van der Waals surface area contributed by atoms with Crippen molar-refractivity contribution in [2.24, 2.45) is 0 Å². The molecule has 0 saturated heterocycles. The molecule has 0 amide bonds. The van der Waals surface area contributed by atoms with Crippen molar-refractivity contribution >= 4 is 3.21 Å². The minimum Gasteiger partial charge on any atom is -1.00 e. The molecule has 0 fully saturated rings. The number of halogens is 2. The Morgan fingerprint density at radius 2 is 0.646 bits per heavy atom. The fourth-order valence-corrected chi connectivity index (χ4v) is 25.2. The summed E-state index contributed by atoms with van der Waals surface area (Å²) in [5.41, 5.74) is 20.9. The maximum Gasteiger partial charge on any atom is -1.00 e. The molecule has 0 aromatic heterocycles. The molecule has 0 saturated carbocycles. The summed E-state index contributed by atoms with van der Waals surface area (Å²) in [7, 11) is 0. The molecule has 2 aliphatic carbocycles. The summed E-state index contributed by atoms with van der Waals surface area (Å²) in [6.07, 6.45) is 63.7. The van der Waals surface area contributed by atoms with Crippen molar-refractivity contribution in [1.29, 1.82) is 0 Å². The van der Waals surface area contributed by atoms with E-state index in [0.717, 1.165) is 32.1 Å². The van der Waals surface area contributed by atoms with Gasteiger partial charge in [0.05, 0.1) is 0 Å². The Bertz CT molecular complexity index is 3020. The molecule has 0 spiro atoms. The molecule has 96 heavy (non-hydrogen) atoms. The van der Waals surface area contributed by atoms with Crippen molar-refractivity contribution in [3.63, 3.8) is 0 Å². The molecule has 0 radical (unpaired) electrons. The van der Waals surface area contributed by atoms with Crippen molar-refractivity contribution in [1.82, 2.24) is 0 Å². The van der Waals surface area contributed by atoms with Gasteiger partial charge in [-0.15, -0.1) is 0 Å². The zero-order valence-electron chi connectivity index (χ0n) is 62.3. The number of aryl methyl sites for hydroxylation is 2. The largest absolute Gasteiger partial charge is 1.00 e. The topological polar surface area (TPSA) is 0 Å². The first-order valence-electron chi connectivity index (χ1n) is 39.7. The molecule has 0 atom stereocenters. The monoisotopic (exact) mass is 1410 g/mol. The predicted molar refractivity (Wildman–Crippen MR) is 414 cm³/mol. The molecule has 0 heterocycles. The van der Waals surface area contributed by atoms with Crippen LogP contribution in [0.15, 0.2) is 155 Å². The number of fused-ring (bicyclic) bond motifs is 3. The van der Waals surface area contributed by atoms with E-state index in [9.17, 15) is 0 Å². The van der Waals surface area contributed by atoms with E-state index in [-0.39, 0.29) is 35.6 Å². The average molecular weight is 1410 g/mol. The van der Waals surface area contributed by atoms with E-state index < -0.39 is 21.3 Å². The van der Waals surface area contributed by atoms with Crippen molar-refractivity contribution in [3.05, 3.63) is 199 Å². The van der Waals surface area contributed by atoms with E-state index >= 15 is 0 Å². The number of unbranched alkanes of at least 4 members (excludes halogenated alkanes) is 34. The first-order chi connectivity index (χ1) is 46.0. The second-order valence-electron chi connectivity index (χ2n) is 31.4. The minimum absolute atomic E-state index is 0. The van der Waals surface area contributed by atoms with Gasteiger partial charge in [-0.25, -0.2) is 0 Å². The van der Waals surface area contributed by atoms with E-state index in [4.69, 9.17) is 0 Å². The fraction of sp³-hybridized carbons (Fsp3) is 0.559. The molecule has 2 aliphatic rings. The van der Waals surface area contributed by atoms with Gasteiger partial charge in [0.15, 0.2) is 0 Å². The van der Waals surface area contributed by atoms with Crippen LogP contribution in [-0.2, 0) is 57.8 Å². The standard InChI is InChI=1S/C73H113.C15H14.C5H5.2ClH.Zr/c1-9-11-13-15-17-19-21-23-25-27-29-31-33-35-37-39-41-43-49-60-51-45-47-53-64(60)68-56-62-55-63-57-69(71(73(6,7)8)59-67(63)66(62)58-70(68)72(3,4)5)65-54-48-46-52-61(65)50-44-42-40-38-36-34-32-30-28-26-24-22-20-18-16-14-12-10-2;1-3-8-14(9-4-1)12-7-13-15-10-5-2-6-11-15;1-2-4-5-3-1;;;/h45-48,51-59H,9-44,49-50H2,1-8H3;1-6,8-11H,12-13H2;1-3H,4H2;2*1H;/q;;;;;+2/p-2. The Kier molecular flexibility index (Phi) is 38.1. The third-order valence-electron chi connectivity index (χ3n) is 21.4. The average Bonchev–Trinajstić information content (AvgIpc) is 1.55. The van der Waals surface area contributed by atoms with Gasteiger partial charge in [0.2, 0.25) is 0 Å². The van der Waals surface area contributed by atoms with Crippen LogP contribution in [0.1, 0.15) is 341 Å². The number of benzene rings is 6. The molecule has 3 heteroatoms. The van der Waals surface area contributed by atoms with Gasteiger partial charge in [-0.2, -0.15) is 0 Å². The Hall–Kier alpha value is -3.87. The summed E-state index contributed by atoms with van der Waals surface area (Å²) in [6, 6.07) is 53.5. The SMILES string of the molecule is CCCCCCCCCCCCCCCCCCCCc1ccccc1-c1cc2c(cc1C(C)(C)C)-c1cc(C(C)(C)C)c(-c3ccccc3CCCCCCCCCCCCCCCCCCCC)cc1[CH]2[Zr+2]([C]1=CC=CC1)=[C](Cc1ccccc1)Cc1ccccc1.[Cl-].[Cl-]. The van der Waals surface area contributed by atoms with E-state index in [1.54, 1.807) is 14.4 Å². The van der Waals surface area contributed by atoms with Crippen molar-refractivity contribution < 1.29 is 46.1 Å². The van der Waals surface area contributed by atoms with Crippen LogP contribution < -0.4 is 24.8 Å². The van der Waals surface area contributed by atoms with Crippen molar-refractivity contribution in [2.45, 2.75) is 333 Å². The summed E-state index contributed by atoms with van der Waals surface area (Å²) in [5, 5.41) is 0. The minimum atomic E-state index is -2.95. The number of allylic oxidation sites excluding steroid dienone is 4. The van der Waals surface area contributed by atoms with Crippen LogP contribution in [0.5, 0.6) is 0 Å². The second-order valence-corrected chi connectivity index (χ2v) is 38.2. The van der Waals surface area contributed by atoms with Gasteiger partial charge in [0.1, 0.15) is 0 Å². The van der Waals surface area contributed by atoms with E-state index in [1.165, 1.54) is 298 Å². The Balaban J connectivity index is 0.00000729. The summed E-state index contributed by atoms with van der Waals surface area (Å²) >= 11 is -2.95. The molecule has 6 aromatic rings. The van der Waals surface area contributed by atoms with Gasteiger partial charge in [0, 0.05) is 0 Å². The number of hydrogen-bond donors (Lipinski definition) is 0. The molecule has 0 unspecified atom stereocenters. The molecule has 0 bridgehead atoms. The van der Waals surface area contributed by atoms with Crippen LogP contribution in [0.3, 0.4) is 0 Å². The van der Waals surface area contributed by atoms with Crippen LogP contribution >= 0.6 is 0 Å². The first-order valence-corrected chi connectivity index (χ1v) is 43.5. The van der Waals surface area contributed by atoms with Gasteiger partial charge in [-0.3, -0.25) is 0 Å². The van der Waals surface area contributed by atoms with Gasteiger partial charge in [0.25, 0.3) is 0 Å². The van der Waals surface area contributed by atoms with Gasteiger partial charge in [-0.1, -0.05) is 181 Å². The number of rotatable bonds is 46. The van der Waals surface area contributed by atoms with Crippen molar-refractivity contribution in [2.75, 3.05) is 0 Å². The van der Waals surface area contributed by atoms with Crippen LogP contribution in [0.25, 0.3) is 33.4 Å². The van der Waals surface area contributed by atoms with Crippen LogP contribution in [0.4, 0.5) is 0 Å². The zero-order valence-corrected chi connectivity index (χ0v) is 66.2. The fourth-order valence-electron chi connectivity index (χ4n) is 16.0. The maximum absolute atomic E-state index is 2.95. The van der Waals surface area contributed by atoms with Gasteiger partial charge < -0.3 is 24.8 Å². The number of hydrogen-bond acceptors (Lipinski definition) is 0. The summed E-state index contributed by atoms with van der Waals surface area (Å²) in [6.45, 7) is 19.5. The Labute approximate surface area is 610 Å². The third-order valence-corrected chi connectivity index (χ3v) is 29.7. The molecule has 8 rings (SSSR count). The van der Waals surface area contributed by atoms with E-state index in [1.807, 2.05) is 3.21 Å².